The highest BCUT2D eigenvalue weighted by Crippen LogP contribution is 2.47. The molecule has 10 nitrogen and oxygen atoms in total. The summed E-state index contributed by atoms with van der Waals surface area (Å²) in [5, 5.41) is 21.9. The Morgan fingerprint density at radius 3 is 2.42 bits per heavy atom. The van der Waals surface area contributed by atoms with E-state index in [4.69, 9.17) is 21.4 Å². The van der Waals surface area contributed by atoms with Gasteiger partial charge in [0.15, 0.2) is 0 Å². The highest BCUT2D eigenvalue weighted by atomic mass is 35.5. The summed E-state index contributed by atoms with van der Waals surface area (Å²) in [4.78, 5) is 38.3. The van der Waals surface area contributed by atoms with Crippen LogP contribution in [0.1, 0.15) is 41.2 Å². The molecule has 1 unspecified atom stereocenters. The summed E-state index contributed by atoms with van der Waals surface area (Å²) in [6.07, 6.45) is 2.64. The molecule has 4 N–H and O–H groups in total. The first-order chi connectivity index (χ1) is 19.0. The minimum atomic E-state index is -2.64. The van der Waals surface area contributed by atoms with Gasteiger partial charge in [0.1, 0.15) is 11.8 Å². The summed E-state index contributed by atoms with van der Waals surface area (Å²) < 4.78 is 26.9. The number of methoxy groups -OCH3 is 1. The molecule has 0 radical (unpaired) electrons. The molecule has 0 aliphatic carbocycles. The van der Waals surface area contributed by atoms with Crippen LogP contribution in [0.4, 0.5) is 5.69 Å². The maximum absolute atomic E-state index is 13.6. The summed E-state index contributed by atoms with van der Waals surface area (Å²) in [5.74, 6) is -0.952. The van der Waals surface area contributed by atoms with Crippen LogP contribution in [0, 0.1) is 17.2 Å². The molecule has 3 aromatic rings. The highest BCUT2D eigenvalue weighted by molar-refractivity contribution is 8.24. The lowest BCUT2D eigenvalue weighted by Crippen LogP contribution is -2.35. The zero-order valence-corrected chi connectivity index (χ0v) is 23.1. The van der Waals surface area contributed by atoms with Crippen LogP contribution in [0.5, 0.6) is 5.75 Å². The summed E-state index contributed by atoms with van der Waals surface area (Å²) in [7, 11) is -1.22. The Bertz CT molecular complexity index is 1520. The number of carboxylic acid groups (broad SMARTS) is 1. The molecule has 1 saturated heterocycles. The van der Waals surface area contributed by atoms with Gasteiger partial charge in [0.25, 0.3) is 5.56 Å². The van der Waals surface area contributed by atoms with Gasteiger partial charge in [-0.2, -0.15) is 15.9 Å². The van der Waals surface area contributed by atoms with Crippen molar-refractivity contribution in [3.8, 4) is 22.9 Å². The van der Waals surface area contributed by atoms with E-state index in [1.165, 1.54) is 48.2 Å². The molecule has 1 aliphatic rings. The third-order valence-corrected chi connectivity index (χ3v) is 8.97. The monoisotopic (exact) mass is 585 g/mol. The van der Waals surface area contributed by atoms with Crippen LogP contribution in [-0.4, -0.2) is 49.3 Å². The van der Waals surface area contributed by atoms with Gasteiger partial charge in [-0.3, -0.25) is 23.3 Å². The first-order valence-electron chi connectivity index (χ1n) is 12.4. The van der Waals surface area contributed by atoms with Crippen LogP contribution < -0.4 is 15.6 Å². The maximum atomic E-state index is 13.6. The number of carbonyl (C=O) groups is 2. The van der Waals surface area contributed by atoms with Gasteiger partial charge in [0.2, 0.25) is 5.91 Å². The van der Waals surface area contributed by atoms with Gasteiger partial charge in [-0.15, -0.1) is 0 Å². The standard InChI is InChI=1S/C28H28ClN3O7S/c1-39-25-16-32(26(33)14-23(25)22-13-20(29)5-2-19(22)15-30)24(12-17-8-10-40(37,38)11-9-17)27(34)31-21-6-3-18(4-7-21)28(35)36/h2-7,13-14,16-17,24,37-38H,8-12H2,1H3,(H,31,34)(H,35,36). The van der Waals surface area contributed by atoms with Crippen LogP contribution in [0.25, 0.3) is 11.1 Å². The first-order valence-corrected chi connectivity index (χ1v) is 14.7. The van der Waals surface area contributed by atoms with E-state index in [0.717, 1.165) is 0 Å². The lowest BCUT2D eigenvalue weighted by molar-refractivity contribution is -0.119. The number of nitriles is 1. The van der Waals surface area contributed by atoms with E-state index in [0.29, 0.717) is 40.2 Å². The molecule has 1 fully saturated rings. The number of carbonyl (C=O) groups excluding carboxylic acids is 1. The molecule has 2 heterocycles. The number of halogens is 1. The number of benzene rings is 2. The van der Waals surface area contributed by atoms with Crippen molar-refractivity contribution in [2.24, 2.45) is 5.92 Å². The number of nitrogens with one attached hydrogen (secondary N) is 1. The first kappa shape index (κ1) is 29.2. The molecule has 4 rings (SSSR count). The third-order valence-electron chi connectivity index (χ3n) is 6.96. The lowest BCUT2D eigenvalue weighted by atomic mass is 9.93. The Balaban J connectivity index is 1.73. The van der Waals surface area contributed by atoms with Crippen molar-refractivity contribution in [3.05, 3.63) is 81.2 Å². The number of aromatic carboxylic acids is 1. The largest absolute Gasteiger partial charge is 0.495 e. The van der Waals surface area contributed by atoms with Crippen LogP contribution in [0.3, 0.4) is 0 Å². The van der Waals surface area contributed by atoms with Crippen molar-refractivity contribution in [2.45, 2.75) is 25.3 Å². The molecule has 1 atom stereocenters. The van der Waals surface area contributed by atoms with Gasteiger partial charge in [-0.05, 0) is 67.6 Å². The van der Waals surface area contributed by atoms with Crippen molar-refractivity contribution in [1.29, 1.82) is 5.26 Å². The van der Waals surface area contributed by atoms with E-state index in [2.05, 4.69) is 11.4 Å². The van der Waals surface area contributed by atoms with Crippen LogP contribution in [0.15, 0.2) is 59.5 Å². The molecule has 1 aliphatic heterocycles. The van der Waals surface area contributed by atoms with E-state index in [1.54, 1.807) is 18.2 Å². The third kappa shape index (κ3) is 6.66. The Labute approximate surface area is 237 Å². The second-order valence-electron chi connectivity index (χ2n) is 9.58. The molecule has 2 aromatic carbocycles. The molecule has 12 heteroatoms. The average molecular weight is 586 g/mol. The van der Waals surface area contributed by atoms with Crippen LogP contribution in [0.2, 0.25) is 5.02 Å². The number of ether oxygens (including phenoxy) is 1. The Morgan fingerprint density at radius 2 is 1.82 bits per heavy atom. The number of rotatable bonds is 8. The van der Waals surface area contributed by atoms with E-state index in [9.17, 15) is 28.8 Å². The quantitative estimate of drug-likeness (QED) is 0.270. The second-order valence-corrected chi connectivity index (χ2v) is 12.4. The Morgan fingerprint density at radius 1 is 1.15 bits per heavy atom. The van der Waals surface area contributed by atoms with E-state index >= 15 is 0 Å². The van der Waals surface area contributed by atoms with Crippen molar-refractivity contribution in [2.75, 3.05) is 23.9 Å². The zero-order chi connectivity index (χ0) is 29.0. The highest BCUT2D eigenvalue weighted by Gasteiger charge is 2.31. The molecule has 210 valence electrons. The summed E-state index contributed by atoms with van der Waals surface area (Å²) >= 11 is 6.16. The predicted molar refractivity (Wildman–Crippen MR) is 153 cm³/mol. The number of hydrogen-bond donors (Lipinski definition) is 4. The fraction of sp³-hybridized carbons (Fsp3) is 0.286. The minimum Gasteiger partial charge on any atom is -0.495 e. The van der Waals surface area contributed by atoms with Crippen molar-refractivity contribution >= 4 is 39.8 Å². The molecule has 1 aromatic heterocycles. The van der Waals surface area contributed by atoms with Gasteiger partial charge in [0.05, 0.1) is 30.5 Å². The number of carboxylic acids is 1. The minimum absolute atomic E-state index is 0.0549. The topological polar surface area (TPSA) is 162 Å². The van der Waals surface area contributed by atoms with Gasteiger partial charge in [0, 0.05) is 39.4 Å². The van der Waals surface area contributed by atoms with Crippen molar-refractivity contribution in [3.63, 3.8) is 0 Å². The molecule has 40 heavy (non-hydrogen) atoms. The van der Waals surface area contributed by atoms with Crippen molar-refractivity contribution in [1.82, 2.24) is 4.57 Å². The summed E-state index contributed by atoms with van der Waals surface area (Å²) in [6, 6.07) is 12.7. The summed E-state index contributed by atoms with van der Waals surface area (Å²) in [6.45, 7) is 0. The molecule has 1 amide bonds. The number of amides is 1. The fourth-order valence-electron chi connectivity index (χ4n) is 4.76. The summed E-state index contributed by atoms with van der Waals surface area (Å²) in [5.41, 5.74) is 0.948. The molecule has 0 bridgehead atoms. The van der Waals surface area contributed by atoms with Gasteiger partial charge in [-0.25, -0.2) is 4.79 Å². The number of aromatic nitrogens is 1. The SMILES string of the molecule is COc1cn(C(CC2CCS(O)(O)CC2)C(=O)Nc2ccc(C(=O)O)cc2)c(=O)cc1-c1cc(Cl)ccc1C#N. The zero-order valence-electron chi connectivity index (χ0n) is 21.5. The predicted octanol–water partition coefficient (Wildman–Crippen LogP) is 5.48. The number of nitrogens with zero attached hydrogens (tertiary/aromatic N) is 2. The van der Waals surface area contributed by atoms with Gasteiger partial charge in [-0.1, -0.05) is 11.6 Å². The molecule has 0 saturated carbocycles. The second kappa shape index (κ2) is 12.1. The normalized spacial score (nSPS) is 16.4. The van der Waals surface area contributed by atoms with Crippen molar-refractivity contribution < 1.29 is 28.5 Å². The number of hydrogen-bond acceptors (Lipinski definition) is 7. The Hall–Kier alpha value is -3.82. The van der Waals surface area contributed by atoms with E-state index in [1.807, 2.05) is 0 Å². The number of pyridine rings is 1. The fourth-order valence-corrected chi connectivity index (χ4v) is 6.56. The lowest BCUT2D eigenvalue weighted by Gasteiger charge is -2.40. The smallest absolute Gasteiger partial charge is 0.335 e. The molecule has 0 spiro atoms. The Kier molecular flexibility index (Phi) is 8.85. The van der Waals surface area contributed by atoms with Crippen LogP contribution in [-0.2, 0) is 4.79 Å². The van der Waals surface area contributed by atoms with Crippen LogP contribution >= 0.6 is 22.2 Å². The van der Waals surface area contributed by atoms with Gasteiger partial charge >= 0.3 is 5.97 Å². The average Bonchev–Trinajstić information content (AvgIpc) is 2.92. The molecular formula is C28H28ClN3O7S. The van der Waals surface area contributed by atoms with Gasteiger partial charge < -0.3 is 15.2 Å². The maximum Gasteiger partial charge on any atom is 0.335 e. The van der Waals surface area contributed by atoms with E-state index < -0.39 is 34.1 Å². The molecular weight excluding hydrogens is 558 g/mol. The van der Waals surface area contributed by atoms with E-state index in [-0.39, 0.29) is 35.2 Å². The number of anilines is 1.